The lowest BCUT2D eigenvalue weighted by Gasteiger charge is -2.18. The summed E-state index contributed by atoms with van der Waals surface area (Å²) in [6, 6.07) is 16.6. The van der Waals surface area contributed by atoms with Gasteiger partial charge in [0.05, 0.1) is 12.2 Å². The molecule has 5 heteroatoms. The zero-order valence-electron chi connectivity index (χ0n) is 11.2. The first-order valence-corrected chi connectivity index (χ1v) is 6.48. The van der Waals surface area contributed by atoms with Gasteiger partial charge in [0.1, 0.15) is 5.58 Å². The van der Waals surface area contributed by atoms with Gasteiger partial charge in [-0.05, 0) is 18.2 Å². The van der Waals surface area contributed by atoms with Gasteiger partial charge in [-0.2, -0.15) is 0 Å². The van der Waals surface area contributed by atoms with Crippen molar-refractivity contribution in [2.75, 3.05) is 5.01 Å². The third-order valence-electron chi connectivity index (χ3n) is 3.31. The van der Waals surface area contributed by atoms with Crippen molar-refractivity contribution in [2.24, 2.45) is 5.84 Å². The van der Waals surface area contributed by atoms with Crippen LogP contribution in [-0.4, -0.2) is 11.1 Å². The predicted octanol–water partition coefficient (Wildman–Crippen LogP) is 3.01. The quantitative estimate of drug-likeness (QED) is 0.568. The third kappa shape index (κ3) is 2.46. The molecule has 5 nitrogen and oxygen atoms in total. The van der Waals surface area contributed by atoms with E-state index in [4.69, 9.17) is 10.3 Å². The number of nitrogens with two attached hydrogens (primary N) is 1. The van der Waals surface area contributed by atoms with E-state index in [2.05, 4.69) is 0 Å². The average molecular weight is 282 g/mol. The first kappa shape index (κ1) is 13.2. The van der Waals surface area contributed by atoms with Gasteiger partial charge in [-0.1, -0.05) is 36.4 Å². The lowest BCUT2D eigenvalue weighted by Crippen LogP contribution is -2.30. The fraction of sp³-hybridized carbons (Fsp3) is 0.0625. The van der Waals surface area contributed by atoms with E-state index < -0.39 is 5.97 Å². The van der Waals surface area contributed by atoms with E-state index in [1.165, 1.54) is 5.01 Å². The molecule has 0 fully saturated rings. The lowest BCUT2D eigenvalue weighted by molar-refractivity contribution is 0.0663. The summed E-state index contributed by atoms with van der Waals surface area (Å²) in [6.07, 6.45) is 0. The van der Waals surface area contributed by atoms with E-state index >= 15 is 0 Å². The van der Waals surface area contributed by atoms with Crippen LogP contribution in [0.5, 0.6) is 0 Å². The molecule has 3 aromatic rings. The lowest BCUT2D eigenvalue weighted by atomic mass is 10.1. The van der Waals surface area contributed by atoms with Gasteiger partial charge in [-0.15, -0.1) is 0 Å². The van der Waals surface area contributed by atoms with E-state index in [0.29, 0.717) is 11.1 Å². The van der Waals surface area contributed by atoms with Gasteiger partial charge >= 0.3 is 5.97 Å². The highest BCUT2D eigenvalue weighted by Gasteiger charge is 2.21. The highest BCUT2D eigenvalue weighted by molar-refractivity contribution is 5.95. The van der Waals surface area contributed by atoms with E-state index in [9.17, 15) is 9.90 Å². The molecule has 0 aliphatic rings. The van der Waals surface area contributed by atoms with Crippen molar-refractivity contribution in [1.82, 2.24) is 0 Å². The maximum absolute atomic E-state index is 11.4. The van der Waals surface area contributed by atoms with Crippen molar-refractivity contribution in [3.63, 3.8) is 0 Å². The Morgan fingerprint density at radius 1 is 1.10 bits per heavy atom. The average Bonchev–Trinajstić information content (AvgIpc) is 2.87. The molecule has 1 heterocycles. The number of nitrogens with zero attached hydrogens (tertiary/aromatic N) is 1. The van der Waals surface area contributed by atoms with E-state index in [0.717, 1.165) is 11.1 Å². The predicted molar refractivity (Wildman–Crippen MR) is 80.0 cm³/mol. The molecule has 0 bridgehead atoms. The van der Waals surface area contributed by atoms with Gasteiger partial charge in [0.15, 0.2) is 0 Å². The summed E-state index contributed by atoms with van der Waals surface area (Å²) in [5, 5.41) is 11.6. The zero-order chi connectivity index (χ0) is 14.8. The van der Waals surface area contributed by atoms with Gasteiger partial charge in [0.2, 0.25) is 5.76 Å². The van der Waals surface area contributed by atoms with E-state index in [1.807, 2.05) is 42.5 Å². The minimum absolute atomic E-state index is 0.0671. The molecule has 21 heavy (non-hydrogen) atoms. The number of carboxylic acids is 1. The molecule has 0 saturated heterocycles. The van der Waals surface area contributed by atoms with Crippen molar-refractivity contribution in [3.05, 3.63) is 65.9 Å². The second-order valence-corrected chi connectivity index (χ2v) is 4.67. The number of hydrogen-bond donors (Lipinski definition) is 2. The Bertz CT molecular complexity index is 781. The zero-order valence-corrected chi connectivity index (χ0v) is 11.2. The molecule has 3 rings (SSSR count). The Hall–Kier alpha value is -2.79. The minimum Gasteiger partial charge on any atom is -0.475 e. The second kappa shape index (κ2) is 5.30. The standard InChI is InChI=1S/C16H14N2O3/c17-18(11-6-2-1-3-7-11)10-13-12-8-4-5-9-14(12)21-15(13)16(19)20/h1-9H,10,17H2,(H,19,20). The van der Waals surface area contributed by atoms with Gasteiger partial charge < -0.3 is 14.5 Å². The summed E-state index contributed by atoms with van der Waals surface area (Å²) in [5.41, 5.74) is 1.93. The van der Waals surface area contributed by atoms with Crippen LogP contribution in [0.25, 0.3) is 11.0 Å². The number of furan rings is 1. The summed E-state index contributed by atoms with van der Waals surface area (Å²) >= 11 is 0. The molecule has 106 valence electrons. The first-order valence-electron chi connectivity index (χ1n) is 6.48. The van der Waals surface area contributed by atoms with Crippen LogP contribution in [-0.2, 0) is 6.54 Å². The molecule has 3 N–H and O–H groups in total. The Balaban J connectivity index is 2.03. The van der Waals surface area contributed by atoms with E-state index in [-0.39, 0.29) is 12.3 Å². The van der Waals surface area contributed by atoms with Gasteiger partial charge in [-0.25, -0.2) is 10.6 Å². The molecular formula is C16H14N2O3. The van der Waals surface area contributed by atoms with Crippen LogP contribution >= 0.6 is 0 Å². The number of para-hydroxylation sites is 2. The Morgan fingerprint density at radius 3 is 2.48 bits per heavy atom. The number of carbonyl (C=O) groups is 1. The van der Waals surface area contributed by atoms with Crippen molar-refractivity contribution in [1.29, 1.82) is 0 Å². The Morgan fingerprint density at radius 2 is 1.76 bits per heavy atom. The Kier molecular flexibility index (Phi) is 3.33. The van der Waals surface area contributed by atoms with Crippen LogP contribution in [0.1, 0.15) is 16.1 Å². The highest BCUT2D eigenvalue weighted by Crippen LogP contribution is 2.27. The fourth-order valence-electron chi connectivity index (χ4n) is 2.31. The summed E-state index contributed by atoms with van der Waals surface area (Å²) in [6.45, 7) is 0.253. The molecule has 0 saturated carbocycles. The molecule has 0 aliphatic carbocycles. The third-order valence-corrected chi connectivity index (χ3v) is 3.31. The van der Waals surface area contributed by atoms with Crippen molar-refractivity contribution >= 4 is 22.6 Å². The molecule has 0 atom stereocenters. The number of fused-ring (bicyclic) bond motifs is 1. The van der Waals surface area contributed by atoms with Crippen LogP contribution in [0.15, 0.2) is 59.0 Å². The monoisotopic (exact) mass is 282 g/mol. The smallest absolute Gasteiger partial charge is 0.372 e. The molecule has 0 aliphatic heterocycles. The minimum atomic E-state index is -1.09. The molecule has 2 aromatic carbocycles. The summed E-state index contributed by atoms with van der Waals surface area (Å²) in [7, 11) is 0. The number of benzene rings is 2. The number of hydrogen-bond acceptors (Lipinski definition) is 4. The maximum atomic E-state index is 11.4. The highest BCUT2D eigenvalue weighted by atomic mass is 16.4. The number of anilines is 1. The van der Waals surface area contributed by atoms with Crippen LogP contribution in [0, 0.1) is 0 Å². The number of rotatable bonds is 4. The van der Waals surface area contributed by atoms with Crippen LogP contribution < -0.4 is 10.9 Å². The molecule has 0 amide bonds. The molecule has 0 unspecified atom stereocenters. The van der Waals surface area contributed by atoms with Gasteiger partial charge in [-0.3, -0.25) is 0 Å². The summed E-state index contributed by atoms with van der Waals surface area (Å²) in [4.78, 5) is 11.4. The number of carboxylic acid groups (broad SMARTS) is 1. The molecule has 0 spiro atoms. The van der Waals surface area contributed by atoms with Crippen molar-refractivity contribution in [2.45, 2.75) is 6.54 Å². The second-order valence-electron chi connectivity index (χ2n) is 4.67. The number of aromatic carboxylic acids is 1. The fourth-order valence-corrected chi connectivity index (χ4v) is 2.31. The van der Waals surface area contributed by atoms with Crippen molar-refractivity contribution < 1.29 is 14.3 Å². The van der Waals surface area contributed by atoms with Crippen LogP contribution in [0.3, 0.4) is 0 Å². The Labute approximate surface area is 121 Å². The topological polar surface area (TPSA) is 79.7 Å². The first-order chi connectivity index (χ1) is 10.2. The van der Waals surface area contributed by atoms with Gasteiger partial charge in [0, 0.05) is 10.9 Å². The normalized spacial score (nSPS) is 10.7. The van der Waals surface area contributed by atoms with Crippen LogP contribution in [0.2, 0.25) is 0 Å². The molecule has 0 radical (unpaired) electrons. The largest absolute Gasteiger partial charge is 0.475 e. The maximum Gasteiger partial charge on any atom is 0.372 e. The molecule has 1 aromatic heterocycles. The summed E-state index contributed by atoms with van der Waals surface area (Å²) < 4.78 is 5.42. The SMILES string of the molecule is NN(Cc1c(C(=O)O)oc2ccccc12)c1ccccc1. The van der Waals surface area contributed by atoms with Gasteiger partial charge in [0.25, 0.3) is 0 Å². The van der Waals surface area contributed by atoms with E-state index in [1.54, 1.807) is 12.1 Å². The van der Waals surface area contributed by atoms with Crippen LogP contribution in [0.4, 0.5) is 5.69 Å². The summed E-state index contributed by atoms with van der Waals surface area (Å²) in [5.74, 6) is 4.88. The molecular weight excluding hydrogens is 268 g/mol. The van der Waals surface area contributed by atoms with Crippen molar-refractivity contribution in [3.8, 4) is 0 Å². The number of hydrazine groups is 1.